The van der Waals surface area contributed by atoms with Crippen LogP contribution in [0.4, 0.5) is 0 Å². The zero-order valence-electron chi connectivity index (χ0n) is 14.5. The Bertz CT molecular complexity index is 1050. The molecule has 0 radical (unpaired) electrons. The van der Waals surface area contributed by atoms with Gasteiger partial charge in [0.1, 0.15) is 5.15 Å². The Morgan fingerprint density at radius 3 is 2.42 bits per heavy atom. The molecule has 2 aromatic heterocycles. The van der Waals surface area contributed by atoms with Crippen LogP contribution in [0.15, 0.2) is 54.6 Å². The minimum Gasteiger partial charge on any atom is -0.222 e. The number of para-hydroxylation sites is 1. The fourth-order valence-corrected chi connectivity index (χ4v) is 3.17. The molecule has 7 heteroatoms. The van der Waals surface area contributed by atoms with Gasteiger partial charge in [0.2, 0.25) is 5.82 Å². The van der Waals surface area contributed by atoms with Crippen LogP contribution in [-0.2, 0) is 6.54 Å². The average Bonchev–Trinajstić information content (AvgIpc) is 3.23. The maximum atomic E-state index is 6.57. The number of benzene rings is 2. The van der Waals surface area contributed by atoms with E-state index in [4.69, 9.17) is 11.6 Å². The summed E-state index contributed by atoms with van der Waals surface area (Å²) in [4.78, 5) is 1.55. The summed E-state index contributed by atoms with van der Waals surface area (Å²) in [6.45, 7) is 4.37. The molecule has 2 heterocycles. The van der Waals surface area contributed by atoms with Gasteiger partial charge in [0.05, 0.1) is 17.9 Å². The number of tetrazole rings is 1. The van der Waals surface area contributed by atoms with Gasteiger partial charge in [-0.15, -0.1) is 10.2 Å². The number of nitrogens with zero attached hydrogens (tertiary/aromatic N) is 6. The first-order valence-electron chi connectivity index (χ1n) is 8.26. The van der Waals surface area contributed by atoms with Crippen molar-refractivity contribution in [1.82, 2.24) is 30.0 Å². The van der Waals surface area contributed by atoms with Gasteiger partial charge in [0, 0.05) is 11.1 Å². The van der Waals surface area contributed by atoms with Crippen molar-refractivity contribution in [3.8, 4) is 17.1 Å². The van der Waals surface area contributed by atoms with Crippen LogP contribution < -0.4 is 0 Å². The highest BCUT2D eigenvalue weighted by molar-refractivity contribution is 6.30. The van der Waals surface area contributed by atoms with E-state index in [2.05, 4.69) is 20.5 Å². The second kappa shape index (κ2) is 6.72. The normalized spacial score (nSPS) is 11.0. The van der Waals surface area contributed by atoms with Crippen LogP contribution in [0.5, 0.6) is 0 Å². The van der Waals surface area contributed by atoms with Gasteiger partial charge in [0.15, 0.2) is 0 Å². The van der Waals surface area contributed by atoms with Gasteiger partial charge in [-0.05, 0) is 36.8 Å². The first-order valence-corrected chi connectivity index (χ1v) is 8.64. The molecule has 4 rings (SSSR count). The summed E-state index contributed by atoms with van der Waals surface area (Å²) in [6.07, 6.45) is 0. The lowest BCUT2D eigenvalue weighted by molar-refractivity contribution is 0.571. The lowest BCUT2D eigenvalue weighted by Crippen LogP contribution is -2.05. The molecule has 6 nitrogen and oxygen atoms in total. The molecule has 0 bridgehead atoms. The lowest BCUT2D eigenvalue weighted by atomic mass is 10.1. The minimum atomic E-state index is 0.413. The average molecular weight is 365 g/mol. The van der Waals surface area contributed by atoms with Gasteiger partial charge in [-0.1, -0.05) is 54.1 Å². The van der Waals surface area contributed by atoms with Crippen molar-refractivity contribution < 1.29 is 0 Å². The Labute approximate surface area is 156 Å². The Morgan fingerprint density at radius 1 is 0.923 bits per heavy atom. The Balaban J connectivity index is 1.65. The van der Waals surface area contributed by atoms with Crippen LogP contribution in [0.1, 0.15) is 16.8 Å². The molecule has 0 amide bonds. The molecule has 0 saturated heterocycles. The van der Waals surface area contributed by atoms with Crippen LogP contribution in [0.25, 0.3) is 17.1 Å². The van der Waals surface area contributed by atoms with Crippen molar-refractivity contribution in [3.63, 3.8) is 0 Å². The van der Waals surface area contributed by atoms with Crippen molar-refractivity contribution in [2.24, 2.45) is 0 Å². The van der Waals surface area contributed by atoms with Gasteiger partial charge >= 0.3 is 0 Å². The van der Waals surface area contributed by atoms with Crippen LogP contribution in [0.2, 0.25) is 5.15 Å². The van der Waals surface area contributed by atoms with E-state index in [0.717, 1.165) is 28.1 Å². The molecule has 0 atom stereocenters. The van der Waals surface area contributed by atoms with E-state index in [1.807, 2.05) is 68.4 Å². The molecular weight excluding hydrogens is 348 g/mol. The molecule has 130 valence electrons. The molecule has 0 fully saturated rings. The minimum absolute atomic E-state index is 0.413. The Morgan fingerprint density at radius 2 is 1.65 bits per heavy atom. The quantitative estimate of drug-likeness (QED) is 0.552. The van der Waals surface area contributed by atoms with E-state index in [0.29, 0.717) is 17.5 Å². The first kappa shape index (κ1) is 16.5. The smallest absolute Gasteiger partial charge is 0.205 e. The number of hydrogen-bond donors (Lipinski definition) is 0. The third-order valence-corrected chi connectivity index (χ3v) is 4.65. The summed E-state index contributed by atoms with van der Waals surface area (Å²) in [5, 5.41) is 18.0. The predicted molar refractivity (Wildman–Crippen MR) is 100 cm³/mol. The highest BCUT2D eigenvalue weighted by Gasteiger charge is 2.17. The summed E-state index contributed by atoms with van der Waals surface area (Å²) in [6, 6.07) is 17.8. The van der Waals surface area contributed by atoms with Crippen molar-refractivity contribution >= 4 is 11.6 Å². The maximum Gasteiger partial charge on any atom is 0.205 e. The van der Waals surface area contributed by atoms with Gasteiger partial charge in [-0.3, -0.25) is 0 Å². The molecule has 4 aromatic rings. The number of aromatic nitrogens is 6. The van der Waals surface area contributed by atoms with Gasteiger partial charge in [-0.2, -0.15) is 9.90 Å². The molecule has 0 aliphatic rings. The van der Waals surface area contributed by atoms with Crippen LogP contribution in [0, 0.1) is 13.8 Å². The fraction of sp³-hybridized carbons (Fsp3) is 0.158. The van der Waals surface area contributed by atoms with Crippen molar-refractivity contribution in [3.05, 3.63) is 76.6 Å². The number of aryl methyl sites for hydroxylation is 2. The lowest BCUT2D eigenvalue weighted by Gasteiger charge is -2.03. The molecule has 0 saturated carbocycles. The van der Waals surface area contributed by atoms with E-state index in [1.54, 1.807) is 9.48 Å². The standard InChI is InChI=1S/C19H17ClN6/c1-13-8-6-7-11-16(13)19-21-24-25(23-19)12-17-14(2)22-26(18(17)20)15-9-4-3-5-10-15/h3-11H,12H2,1-2H3. The van der Waals surface area contributed by atoms with Crippen LogP contribution >= 0.6 is 11.6 Å². The van der Waals surface area contributed by atoms with Crippen molar-refractivity contribution in [2.45, 2.75) is 20.4 Å². The summed E-state index contributed by atoms with van der Waals surface area (Å²) in [5.74, 6) is 0.604. The van der Waals surface area contributed by atoms with Crippen LogP contribution in [0.3, 0.4) is 0 Å². The first-order chi connectivity index (χ1) is 12.6. The monoisotopic (exact) mass is 364 g/mol. The molecule has 0 aliphatic carbocycles. The summed E-state index contributed by atoms with van der Waals surface area (Å²) in [7, 11) is 0. The van der Waals surface area contributed by atoms with Crippen molar-refractivity contribution in [1.29, 1.82) is 0 Å². The van der Waals surface area contributed by atoms with E-state index in [9.17, 15) is 0 Å². The molecule has 0 unspecified atom stereocenters. The second-order valence-corrected chi connectivity index (χ2v) is 6.42. The molecular formula is C19H17ClN6. The topological polar surface area (TPSA) is 61.4 Å². The highest BCUT2D eigenvalue weighted by Crippen LogP contribution is 2.24. The van der Waals surface area contributed by atoms with Gasteiger partial charge < -0.3 is 0 Å². The number of rotatable bonds is 4. The molecule has 2 aromatic carbocycles. The van der Waals surface area contributed by atoms with E-state index in [1.165, 1.54) is 0 Å². The summed E-state index contributed by atoms with van der Waals surface area (Å²) < 4.78 is 1.73. The molecule has 0 spiro atoms. The molecule has 0 N–H and O–H groups in total. The third-order valence-electron chi connectivity index (χ3n) is 4.26. The number of hydrogen-bond acceptors (Lipinski definition) is 4. The van der Waals surface area contributed by atoms with E-state index in [-0.39, 0.29) is 0 Å². The zero-order valence-corrected chi connectivity index (χ0v) is 15.2. The highest BCUT2D eigenvalue weighted by atomic mass is 35.5. The maximum absolute atomic E-state index is 6.57. The summed E-state index contributed by atoms with van der Waals surface area (Å²) >= 11 is 6.57. The van der Waals surface area contributed by atoms with E-state index < -0.39 is 0 Å². The largest absolute Gasteiger partial charge is 0.222 e. The zero-order chi connectivity index (χ0) is 18.1. The van der Waals surface area contributed by atoms with E-state index >= 15 is 0 Å². The Kier molecular flexibility index (Phi) is 4.26. The van der Waals surface area contributed by atoms with Crippen LogP contribution in [-0.4, -0.2) is 30.0 Å². The Hall–Kier alpha value is -2.99. The number of halogens is 1. The second-order valence-electron chi connectivity index (χ2n) is 6.06. The SMILES string of the molecule is Cc1ccccc1-c1nnn(Cc2c(C)nn(-c3ccccc3)c2Cl)n1. The fourth-order valence-electron chi connectivity index (χ4n) is 2.83. The summed E-state index contributed by atoms with van der Waals surface area (Å²) in [5.41, 5.74) is 4.72. The van der Waals surface area contributed by atoms with Gasteiger partial charge in [-0.25, -0.2) is 4.68 Å². The van der Waals surface area contributed by atoms with Gasteiger partial charge in [0.25, 0.3) is 0 Å². The molecule has 26 heavy (non-hydrogen) atoms. The van der Waals surface area contributed by atoms with Crippen molar-refractivity contribution in [2.75, 3.05) is 0 Å². The third kappa shape index (κ3) is 2.99. The predicted octanol–water partition coefficient (Wildman–Crippen LogP) is 3.84. The molecule has 0 aliphatic heterocycles.